The number of nitrogens with one attached hydrogen (secondary N) is 2. The van der Waals surface area contributed by atoms with Crippen LogP contribution in [0, 0.1) is 32.4 Å². The zero-order valence-electron chi connectivity index (χ0n) is 16.4. The van der Waals surface area contributed by atoms with Gasteiger partial charge in [-0.1, -0.05) is 0 Å². The fourth-order valence-electron chi connectivity index (χ4n) is 3.13. The van der Waals surface area contributed by atoms with E-state index in [4.69, 9.17) is 0 Å². The quantitative estimate of drug-likeness (QED) is 0.704. The van der Waals surface area contributed by atoms with Crippen LogP contribution < -0.4 is 10.6 Å². The largest absolute Gasteiger partial charge is 0.355 e. The molecule has 0 aliphatic carbocycles. The van der Waals surface area contributed by atoms with Gasteiger partial charge in [0.1, 0.15) is 11.5 Å². The normalized spacial score (nSPS) is 10.7. The molecular formula is C21H20F2N4O2. The molecule has 1 aromatic heterocycles. The number of benzene rings is 2. The van der Waals surface area contributed by atoms with Crippen LogP contribution in [0.1, 0.15) is 37.7 Å². The Morgan fingerprint density at radius 1 is 1.00 bits per heavy atom. The van der Waals surface area contributed by atoms with Gasteiger partial charge in [0.2, 0.25) is 0 Å². The standard InChI is InChI=1S/C21H20F2N4O2/c1-11-9-14(20(28)24-4)5-7-17(11)25-21(29)19-12(2)26-27(13(19)3)18-8-6-15(22)10-16(18)23/h5-10H,1-4H3,(H,24,28)(H,25,29). The van der Waals surface area contributed by atoms with Crippen molar-refractivity contribution < 1.29 is 18.4 Å². The summed E-state index contributed by atoms with van der Waals surface area (Å²) in [5.41, 5.74) is 2.91. The van der Waals surface area contributed by atoms with Gasteiger partial charge in [-0.05, 0) is 56.7 Å². The molecule has 0 saturated carbocycles. The average molecular weight is 398 g/mol. The lowest BCUT2D eigenvalue weighted by Crippen LogP contribution is -2.19. The van der Waals surface area contributed by atoms with Crippen molar-refractivity contribution >= 4 is 17.5 Å². The summed E-state index contributed by atoms with van der Waals surface area (Å²) in [6, 6.07) is 8.10. The topological polar surface area (TPSA) is 76.0 Å². The molecule has 1 heterocycles. The lowest BCUT2D eigenvalue weighted by Gasteiger charge is -2.11. The van der Waals surface area contributed by atoms with Gasteiger partial charge < -0.3 is 10.6 Å². The molecule has 0 unspecified atom stereocenters. The van der Waals surface area contributed by atoms with Crippen LogP contribution in [0.4, 0.5) is 14.5 Å². The Hall–Kier alpha value is -3.55. The molecule has 29 heavy (non-hydrogen) atoms. The van der Waals surface area contributed by atoms with Gasteiger partial charge in [0, 0.05) is 24.4 Å². The molecule has 2 aromatic carbocycles. The lowest BCUT2D eigenvalue weighted by atomic mass is 10.1. The highest BCUT2D eigenvalue weighted by atomic mass is 19.1. The molecule has 3 rings (SSSR count). The van der Waals surface area contributed by atoms with Crippen molar-refractivity contribution in [1.82, 2.24) is 15.1 Å². The van der Waals surface area contributed by atoms with Gasteiger partial charge in [-0.25, -0.2) is 13.5 Å². The number of aryl methyl sites for hydroxylation is 2. The van der Waals surface area contributed by atoms with Crippen molar-refractivity contribution in [1.29, 1.82) is 0 Å². The third-order valence-electron chi connectivity index (χ3n) is 4.62. The Balaban J connectivity index is 1.93. The molecular weight excluding hydrogens is 378 g/mol. The second-order valence-corrected chi connectivity index (χ2v) is 6.62. The van der Waals surface area contributed by atoms with Gasteiger partial charge in [0.25, 0.3) is 11.8 Å². The van der Waals surface area contributed by atoms with Crippen LogP contribution in [-0.2, 0) is 0 Å². The smallest absolute Gasteiger partial charge is 0.259 e. The highest BCUT2D eigenvalue weighted by molar-refractivity contribution is 6.06. The van der Waals surface area contributed by atoms with Crippen molar-refractivity contribution in [3.63, 3.8) is 0 Å². The molecule has 8 heteroatoms. The summed E-state index contributed by atoms with van der Waals surface area (Å²) in [6.45, 7) is 5.06. The second kappa shape index (κ2) is 7.83. The average Bonchev–Trinajstić information content (AvgIpc) is 2.96. The van der Waals surface area contributed by atoms with Gasteiger partial charge in [-0.3, -0.25) is 9.59 Å². The number of halogens is 2. The van der Waals surface area contributed by atoms with Crippen molar-refractivity contribution in [2.24, 2.45) is 0 Å². The maximum Gasteiger partial charge on any atom is 0.259 e. The highest BCUT2D eigenvalue weighted by Crippen LogP contribution is 2.23. The van der Waals surface area contributed by atoms with E-state index in [1.54, 1.807) is 46.0 Å². The third kappa shape index (κ3) is 3.87. The summed E-state index contributed by atoms with van der Waals surface area (Å²) in [5, 5.41) is 9.59. The Kier molecular flexibility index (Phi) is 5.45. The molecule has 0 radical (unpaired) electrons. The first-order chi connectivity index (χ1) is 13.7. The number of amides is 2. The Bertz CT molecular complexity index is 1120. The number of carbonyl (C=O) groups excluding carboxylic acids is 2. The molecule has 0 aliphatic heterocycles. The number of nitrogens with zero attached hydrogens (tertiary/aromatic N) is 2. The minimum atomic E-state index is -0.775. The summed E-state index contributed by atoms with van der Waals surface area (Å²) in [6.07, 6.45) is 0. The van der Waals surface area contributed by atoms with Crippen molar-refractivity contribution in [2.75, 3.05) is 12.4 Å². The molecule has 0 fully saturated rings. The third-order valence-corrected chi connectivity index (χ3v) is 4.62. The van der Waals surface area contributed by atoms with Crippen LogP contribution in [0.2, 0.25) is 0 Å². The first-order valence-corrected chi connectivity index (χ1v) is 8.88. The minimum absolute atomic E-state index is 0.0529. The molecule has 0 atom stereocenters. The van der Waals surface area contributed by atoms with E-state index >= 15 is 0 Å². The van der Waals surface area contributed by atoms with E-state index in [9.17, 15) is 18.4 Å². The summed E-state index contributed by atoms with van der Waals surface area (Å²) in [5.74, 6) is -2.10. The fourth-order valence-corrected chi connectivity index (χ4v) is 3.13. The van der Waals surface area contributed by atoms with E-state index in [0.29, 0.717) is 33.8 Å². The van der Waals surface area contributed by atoms with Crippen molar-refractivity contribution in [3.8, 4) is 5.69 Å². The maximum absolute atomic E-state index is 14.2. The lowest BCUT2D eigenvalue weighted by molar-refractivity contribution is 0.0962. The second-order valence-electron chi connectivity index (χ2n) is 6.62. The molecule has 3 aromatic rings. The molecule has 0 spiro atoms. The molecule has 2 N–H and O–H groups in total. The summed E-state index contributed by atoms with van der Waals surface area (Å²) < 4.78 is 28.6. The molecule has 0 aliphatic rings. The molecule has 0 saturated heterocycles. The number of anilines is 1. The predicted octanol–water partition coefficient (Wildman–Crippen LogP) is 3.69. The van der Waals surface area contributed by atoms with Crippen LogP contribution in [-0.4, -0.2) is 28.6 Å². The van der Waals surface area contributed by atoms with Gasteiger partial charge in [0.15, 0.2) is 5.82 Å². The van der Waals surface area contributed by atoms with Crippen molar-refractivity contribution in [2.45, 2.75) is 20.8 Å². The van der Waals surface area contributed by atoms with E-state index in [1.165, 1.54) is 10.7 Å². The van der Waals surface area contributed by atoms with Gasteiger partial charge in [0.05, 0.1) is 17.0 Å². The van der Waals surface area contributed by atoms with E-state index in [-0.39, 0.29) is 11.6 Å². The number of aromatic nitrogens is 2. The number of hydrogen-bond donors (Lipinski definition) is 2. The van der Waals surface area contributed by atoms with E-state index in [0.717, 1.165) is 12.1 Å². The Labute approximate surface area is 166 Å². The van der Waals surface area contributed by atoms with Crippen LogP contribution in [0.3, 0.4) is 0 Å². The Morgan fingerprint density at radius 3 is 2.34 bits per heavy atom. The first-order valence-electron chi connectivity index (χ1n) is 8.88. The highest BCUT2D eigenvalue weighted by Gasteiger charge is 2.21. The van der Waals surface area contributed by atoms with E-state index in [2.05, 4.69) is 15.7 Å². The monoisotopic (exact) mass is 398 g/mol. The first kappa shape index (κ1) is 20.2. The fraction of sp³-hybridized carbons (Fsp3) is 0.190. The van der Waals surface area contributed by atoms with E-state index in [1.807, 2.05) is 0 Å². The number of rotatable bonds is 4. The Morgan fingerprint density at radius 2 is 1.72 bits per heavy atom. The molecule has 2 amide bonds. The van der Waals surface area contributed by atoms with Crippen LogP contribution in [0.25, 0.3) is 5.69 Å². The van der Waals surface area contributed by atoms with Crippen LogP contribution in [0.5, 0.6) is 0 Å². The number of carbonyl (C=O) groups is 2. The summed E-state index contributed by atoms with van der Waals surface area (Å²) >= 11 is 0. The molecule has 0 bridgehead atoms. The molecule has 150 valence electrons. The van der Waals surface area contributed by atoms with Crippen LogP contribution in [0.15, 0.2) is 36.4 Å². The summed E-state index contributed by atoms with van der Waals surface area (Å²) in [4.78, 5) is 24.6. The zero-order chi connectivity index (χ0) is 21.3. The van der Waals surface area contributed by atoms with Crippen LogP contribution >= 0.6 is 0 Å². The van der Waals surface area contributed by atoms with Crippen molar-refractivity contribution in [3.05, 3.63) is 76.1 Å². The maximum atomic E-state index is 14.2. The predicted molar refractivity (Wildman–Crippen MR) is 105 cm³/mol. The van der Waals surface area contributed by atoms with Gasteiger partial charge in [-0.15, -0.1) is 0 Å². The van der Waals surface area contributed by atoms with Gasteiger partial charge in [-0.2, -0.15) is 5.10 Å². The number of hydrogen-bond acceptors (Lipinski definition) is 3. The zero-order valence-corrected chi connectivity index (χ0v) is 16.4. The van der Waals surface area contributed by atoms with Gasteiger partial charge >= 0.3 is 0 Å². The molecule has 6 nitrogen and oxygen atoms in total. The SMILES string of the molecule is CNC(=O)c1ccc(NC(=O)c2c(C)nn(-c3ccc(F)cc3F)c2C)c(C)c1. The summed E-state index contributed by atoms with van der Waals surface area (Å²) in [7, 11) is 1.54. The minimum Gasteiger partial charge on any atom is -0.355 e. The van der Waals surface area contributed by atoms with E-state index < -0.39 is 17.5 Å².